The van der Waals surface area contributed by atoms with Crippen molar-refractivity contribution in [1.29, 1.82) is 0 Å². The van der Waals surface area contributed by atoms with E-state index in [0.29, 0.717) is 0 Å². The highest BCUT2D eigenvalue weighted by molar-refractivity contribution is 7.90. The normalized spacial score (nSPS) is 12.9. The number of H-pyrrole nitrogens is 2. The number of aromatic nitrogens is 2. The molecule has 0 fully saturated rings. The third-order valence-electron chi connectivity index (χ3n) is 4.52. The van der Waals surface area contributed by atoms with E-state index in [2.05, 4.69) is 9.97 Å². The van der Waals surface area contributed by atoms with Crippen molar-refractivity contribution < 1.29 is 16.8 Å². The third kappa shape index (κ3) is 3.56. The van der Waals surface area contributed by atoms with E-state index in [-0.39, 0.29) is 45.5 Å². The van der Waals surface area contributed by atoms with Gasteiger partial charge in [-0.1, -0.05) is 0 Å². The van der Waals surface area contributed by atoms with E-state index in [1.165, 1.54) is 0 Å². The first-order chi connectivity index (χ1) is 12.8. The van der Waals surface area contributed by atoms with Gasteiger partial charge in [0, 0.05) is 12.5 Å². The Kier molecular flexibility index (Phi) is 4.66. The summed E-state index contributed by atoms with van der Waals surface area (Å²) in [5.74, 6) is -0.811. The minimum Gasteiger partial charge on any atom is -0.288 e. The molecule has 0 aliphatic heterocycles. The lowest BCUT2D eigenvalue weighted by atomic mass is 9.94. The van der Waals surface area contributed by atoms with Crippen molar-refractivity contribution >= 4 is 41.2 Å². The van der Waals surface area contributed by atoms with Gasteiger partial charge < -0.3 is 0 Å². The zero-order valence-electron chi connectivity index (χ0n) is 14.9. The highest BCUT2D eigenvalue weighted by Crippen LogP contribution is 2.27. The molecule has 0 saturated heterocycles. The minimum atomic E-state index is -3.47. The van der Waals surface area contributed by atoms with Crippen LogP contribution in [0, 0.1) is 0 Å². The van der Waals surface area contributed by atoms with Gasteiger partial charge in [-0.05, 0) is 24.0 Å². The Morgan fingerprint density at radius 2 is 0.821 bits per heavy atom. The van der Waals surface area contributed by atoms with Crippen LogP contribution >= 0.6 is 0 Å². The summed E-state index contributed by atoms with van der Waals surface area (Å²) in [6, 6.07) is 0. The number of sulfone groups is 2. The largest absolute Gasteiger partial charge is 0.288 e. The molecule has 1 aromatic carbocycles. The molecule has 0 radical (unpaired) electrons. The summed E-state index contributed by atoms with van der Waals surface area (Å²) in [4.78, 5) is 53.5. The third-order valence-corrected chi connectivity index (χ3v) is 6.41. The fourth-order valence-corrected chi connectivity index (χ4v) is 4.54. The van der Waals surface area contributed by atoms with E-state index in [4.69, 9.17) is 0 Å². The van der Waals surface area contributed by atoms with Gasteiger partial charge >= 0.3 is 0 Å². The Morgan fingerprint density at radius 1 is 0.571 bits per heavy atom. The molecule has 0 spiro atoms. The Hall–Kier alpha value is -2.60. The van der Waals surface area contributed by atoms with Gasteiger partial charge in [-0.3, -0.25) is 29.1 Å². The molecule has 3 rings (SSSR count). The maximum absolute atomic E-state index is 12.3. The van der Waals surface area contributed by atoms with Crippen molar-refractivity contribution in [2.24, 2.45) is 0 Å². The summed E-state index contributed by atoms with van der Waals surface area (Å²) in [7, 11) is -6.94. The van der Waals surface area contributed by atoms with E-state index in [9.17, 15) is 36.0 Å². The lowest BCUT2D eigenvalue weighted by Gasteiger charge is -2.09. The van der Waals surface area contributed by atoms with Gasteiger partial charge in [-0.15, -0.1) is 0 Å². The topological polar surface area (TPSA) is 168 Å². The number of fused-ring (bicyclic) bond motifs is 2. The quantitative estimate of drug-likeness (QED) is 0.461. The summed E-state index contributed by atoms with van der Waals surface area (Å²) in [5, 5.41) is -0.719. The molecular weight excluding hydrogens is 412 g/mol. The molecule has 2 aromatic heterocycles. The second kappa shape index (κ2) is 6.48. The summed E-state index contributed by atoms with van der Waals surface area (Å²) >= 11 is 0. The summed E-state index contributed by atoms with van der Waals surface area (Å²) in [6.45, 7) is 0. The van der Waals surface area contributed by atoms with Gasteiger partial charge in [0.05, 0.1) is 33.1 Å². The van der Waals surface area contributed by atoms with Crippen LogP contribution in [0.1, 0.15) is 11.1 Å². The van der Waals surface area contributed by atoms with E-state index < -0.39 is 53.4 Å². The number of rotatable bonds is 6. The van der Waals surface area contributed by atoms with Crippen molar-refractivity contribution in [3.8, 4) is 0 Å². The fourth-order valence-electron chi connectivity index (χ4n) is 3.39. The highest BCUT2D eigenvalue weighted by Gasteiger charge is 2.25. The first kappa shape index (κ1) is 20.1. The number of aryl methyl sites for hydroxylation is 2. The Morgan fingerprint density at radius 3 is 1.04 bits per heavy atom. The van der Waals surface area contributed by atoms with Crippen molar-refractivity contribution in [3.05, 3.63) is 52.5 Å². The lowest BCUT2D eigenvalue weighted by molar-refractivity contribution is 0.599. The monoisotopic (exact) mass is 428 g/mol. The number of hydrogen-bond donors (Lipinski definition) is 2. The number of nitrogens with one attached hydrogen (secondary N) is 2. The van der Waals surface area contributed by atoms with Crippen molar-refractivity contribution in [3.63, 3.8) is 0 Å². The smallest absolute Gasteiger partial charge is 0.259 e. The van der Waals surface area contributed by atoms with Crippen LogP contribution in [0.2, 0.25) is 0 Å². The molecule has 0 aliphatic rings. The van der Waals surface area contributed by atoms with E-state index in [0.717, 1.165) is 12.5 Å². The molecule has 150 valence electrons. The molecule has 2 N–H and O–H groups in total. The molecule has 10 nitrogen and oxygen atoms in total. The van der Waals surface area contributed by atoms with Crippen LogP contribution in [0.4, 0.5) is 0 Å². The van der Waals surface area contributed by atoms with Crippen LogP contribution in [0.15, 0.2) is 19.2 Å². The molecule has 0 saturated carbocycles. The molecule has 0 bridgehead atoms. The van der Waals surface area contributed by atoms with Crippen LogP contribution in [0.25, 0.3) is 21.5 Å². The van der Waals surface area contributed by atoms with Crippen molar-refractivity contribution in [1.82, 2.24) is 9.97 Å². The Labute approximate surface area is 157 Å². The van der Waals surface area contributed by atoms with Gasteiger partial charge in [-0.2, -0.15) is 0 Å². The van der Waals surface area contributed by atoms with Crippen LogP contribution in [-0.2, 0) is 32.5 Å². The zero-order chi connectivity index (χ0) is 21.0. The summed E-state index contributed by atoms with van der Waals surface area (Å²) in [6.07, 6.45) is 1.45. The van der Waals surface area contributed by atoms with Gasteiger partial charge in [0.15, 0.2) is 0 Å². The van der Waals surface area contributed by atoms with E-state index in [1.807, 2.05) is 0 Å². The first-order valence-electron chi connectivity index (χ1n) is 8.08. The van der Waals surface area contributed by atoms with Gasteiger partial charge in [0.2, 0.25) is 0 Å². The SMILES string of the molecule is CS(=O)(=O)CCc1c2c(=O)[nH]c(=O)c2c(CCS(C)(=O)=O)c2c(=O)[nH]c(=O)c12. The predicted molar refractivity (Wildman–Crippen MR) is 104 cm³/mol. The molecule has 0 unspecified atom stereocenters. The highest BCUT2D eigenvalue weighted by atomic mass is 32.2. The molecule has 12 heteroatoms. The van der Waals surface area contributed by atoms with Crippen LogP contribution in [0.3, 0.4) is 0 Å². The minimum absolute atomic E-state index is 0.00905. The predicted octanol–water partition coefficient (Wildman–Crippen LogP) is -1.86. The maximum atomic E-state index is 12.3. The maximum Gasteiger partial charge on any atom is 0.259 e. The molecule has 2 heterocycles. The van der Waals surface area contributed by atoms with Gasteiger partial charge in [0.25, 0.3) is 22.2 Å². The average molecular weight is 428 g/mol. The van der Waals surface area contributed by atoms with Crippen molar-refractivity contribution in [2.45, 2.75) is 12.8 Å². The van der Waals surface area contributed by atoms with Gasteiger partial charge in [0.1, 0.15) is 19.7 Å². The van der Waals surface area contributed by atoms with Crippen LogP contribution in [-0.4, -0.2) is 50.8 Å². The molecule has 0 aliphatic carbocycles. The Bertz CT molecular complexity index is 1340. The average Bonchev–Trinajstić information content (AvgIpc) is 2.99. The molecule has 0 amide bonds. The molecular formula is C16H16N2O8S2. The Balaban J connectivity index is 2.50. The fraction of sp³-hybridized carbons (Fsp3) is 0.375. The molecule has 28 heavy (non-hydrogen) atoms. The lowest BCUT2D eigenvalue weighted by Crippen LogP contribution is -2.13. The summed E-state index contributed by atoms with van der Waals surface area (Å²) < 4.78 is 46.3. The second-order valence-corrected chi connectivity index (χ2v) is 11.3. The molecule has 0 atom stereocenters. The number of aromatic amines is 2. The second-order valence-electron chi connectivity index (χ2n) is 6.78. The van der Waals surface area contributed by atoms with E-state index in [1.54, 1.807) is 0 Å². The standard InChI is InChI=1S/C16H16N2O8S2/c1-27(23,24)5-3-7-9-11(15(21)17-13(9)19)8(4-6-28(2,25)26)12-10(7)14(20)18-16(12)22/h3-6H2,1-2H3,(H,17,19,21)(H,18,20,22). The summed E-state index contributed by atoms with van der Waals surface area (Å²) in [5.41, 5.74) is -3.30. The van der Waals surface area contributed by atoms with E-state index >= 15 is 0 Å². The van der Waals surface area contributed by atoms with Gasteiger partial charge in [-0.25, -0.2) is 16.8 Å². The number of benzene rings is 1. The first-order valence-corrected chi connectivity index (χ1v) is 12.2. The molecule has 3 aromatic rings. The van der Waals surface area contributed by atoms with Crippen LogP contribution < -0.4 is 22.2 Å². The number of hydrogen-bond acceptors (Lipinski definition) is 8. The zero-order valence-corrected chi connectivity index (χ0v) is 16.5. The van der Waals surface area contributed by atoms with Crippen LogP contribution in [0.5, 0.6) is 0 Å². The van der Waals surface area contributed by atoms with Crippen molar-refractivity contribution in [2.75, 3.05) is 24.0 Å².